The van der Waals surface area contributed by atoms with Crippen LogP contribution in [0.25, 0.3) is 5.57 Å². The minimum absolute atomic E-state index is 0.00175. The van der Waals surface area contributed by atoms with Gasteiger partial charge in [-0.1, -0.05) is 32.0 Å². The van der Waals surface area contributed by atoms with Crippen LogP contribution in [0.3, 0.4) is 0 Å². The molecule has 2 aromatic rings. The molecule has 1 aromatic heterocycles. The Morgan fingerprint density at radius 3 is 2.21 bits per heavy atom. The molecule has 6 heteroatoms. The van der Waals surface area contributed by atoms with Crippen molar-refractivity contribution in [2.45, 2.75) is 45.8 Å². The number of hydrogen-bond donors (Lipinski definition) is 0. The maximum atomic E-state index is 13.5. The van der Waals surface area contributed by atoms with Crippen LogP contribution < -0.4 is 4.90 Å². The van der Waals surface area contributed by atoms with Crippen LogP contribution in [-0.4, -0.2) is 42.0 Å². The number of rotatable bonds is 4. The molecule has 2 atom stereocenters. The van der Waals surface area contributed by atoms with Gasteiger partial charge in [0.15, 0.2) is 0 Å². The molecular formula is C23H26N2O3S. The van der Waals surface area contributed by atoms with Gasteiger partial charge in [-0.25, -0.2) is 4.90 Å². The first kappa shape index (κ1) is 19.9. The minimum atomic E-state index is -0.253. The van der Waals surface area contributed by atoms with Crippen molar-refractivity contribution in [3.63, 3.8) is 0 Å². The van der Waals surface area contributed by atoms with Gasteiger partial charge >= 0.3 is 0 Å². The summed E-state index contributed by atoms with van der Waals surface area (Å²) < 4.78 is 5.84. The monoisotopic (exact) mass is 410 g/mol. The summed E-state index contributed by atoms with van der Waals surface area (Å²) in [5, 5.41) is 1.93. The zero-order chi connectivity index (χ0) is 20.7. The zero-order valence-corrected chi connectivity index (χ0v) is 18.0. The van der Waals surface area contributed by atoms with Crippen molar-refractivity contribution in [3.8, 4) is 0 Å². The van der Waals surface area contributed by atoms with Gasteiger partial charge in [0.1, 0.15) is 5.70 Å². The second-order valence-electron chi connectivity index (χ2n) is 8.06. The normalized spacial score (nSPS) is 22.9. The number of benzene rings is 1. The van der Waals surface area contributed by atoms with Gasteiger partial charge in [-0.2, -0.15) is 0 Å². The third-order valence-electron chi connectivity index (χ3n) is 5.38. The van der Waals surface area contributed by atoms with Crippen LogP contribution in [0.2, 0.25) is 0 Å². The maximum Gasteiger partial charge on any atom is 0.282 e. The summed E-state index contributed by atoms with van der Waals surface area (Å²) >= 11 is 1.48. The largest absolute Gasteiger partial charge is 0.372 e. The molecule has 29 heavy (non-hydrogen) atoms. The van der Waals surface area contributed by atoms with Crippen LogP contribution in [0.15, 0.2) is 47.5 Å². The molecule has 2 aliphatic heterocycles. The number of imide groups is 1. The highest BCUT2D eigenvalue weighted by molar-refractivity contribution is 7.11. The van der Waals surface area contributed by atoms with Crippen molar-refractivity contribution in [2.24, 2.45) is 0 Å². The van der Waals surface area contributed by atoms with Gasteiger partial charge < -0.3 is 9.64 Å². The van der Waals surface area contributed by atoms with E-state index in [1.807, 2.05) is 60.5 Å². The molecule has 0 saturated carbocycles. The van der Waals surface area contributed by atoms with Crippen LogP contribution in [0.5, 0.6) is 0 Å². The highest BCUT2D eigenvalue weighted by Gasteiger charge is 2.44. The fourth-order valence-corrected chi connectivity index (χ4v) is 4.82. The summed E-state index contributed by atoms with van der Waals surface area (Å²) in [4.78, 5) is 31.1. The Balaban J connectivity index is 1.76. The molecule has 1 saturated heterocycles. The van der Waals surface area contributed by atoms with Crippen molar-refractivity contribution in [2.75, 3.05) is 18.0 Å². The molecule has 5 nitrogen and oxygen atoms in total. The topological polar surface area (TPSA) is 49.9 Å². The van der Waals surface area contributed by atoms with Gasteiger partial charge in [-0.05, 0) is 48.9 Å². The molecule has 1 fully saturated rings. The number of hydrogen-bond acceptors (Lipinski definition) is 5. The second-order valence-corrected chi connectivity index (χ2v) is 9.00. The lowest BCUT2D eigenvalue weighted by Gasteiger charge is -2.37. The Kier molecular flexibility index (Phi) is 5.32. The van der Waals surface area contributed by atoms with Crippen LogP contribution in [0, 0.1) is 0 Å². The molecule has 0 bridgehead atoms. The number of anilines is 1. The van der Waals surface area contributed by atoms with Crippen LogP contribution in [0.4, 0.5) is 5.69 Å². The molecule has 152 valence electrons. The molecule has 0 aliphatic carbocycles. The number of thiophene rings is 1. The summed E-state index contributed by atoms with van der Waals surface area (Å²) in [5.74, 6) is -0.116. The fourth-order valence-electron chi connectivity index (χ4n) is 4.06. The van der Waals surface area contributed by atoms with E-state index in [-0.39, 0.29) is 24.0 Å². The maximum absolute atomic E-state index is 13.5. The number of amides is 2. The fraction of sp³-hybridized carbons (Fsp3) is 0.391. The van der Waals surface area contributed by atoms with E-state index in [0.717, 1.165) is 4.88 Å². The van der Waals surface area contributed by atoms with E-state index in [2.05, 4.69) is 13.8 Å². The van der Waals surface area contributed by atoms with Crippen molar-refractivity contribution >= 4 is 34.4 Å². The van der Waals surface area contributed by atoms with E-state index in [4.69, 9.17) is 4.74 Å². The molecule has 4 rings (SSSR count). The third-order valence-corrected chi connectivity index (χ3v) is 6.27. The first-order valence-electron chi connectivity index (χ1n) is 10.0. The Hall–Kier alpha value is -2.44. The van der Waals surface area contributed by atoms with E-state index in [0.29, 0.717) is 36.0 Å². The van der Waals surface area contributed by atoms with Gasteiger partial charge in [0.05, 0.1) is 23.5 Å². The smallest absolute Gasteiger partial charge is 0.282 e. The molecule has 1 aromatic carbocycles. The highest BCUT2D eigenvalue weighted by Crippen LogP contribution is 2.37. The zero-order valence-electron chi connectivity index (χ0n) is 17.2. The number of carbonyl (C=O) groups excluding carboxylic acids is 2. The van der Waals surface area contributed by atoms with Crippen molar-refractivity contribution < 1.29 is 14.3 Å². The number of ether oxygens (including phenoxy) is 1. The molecule has 0 N–H and O–H groups in total. The first-order valence-corrected chi connectivity index (χ1v) is 10.9. The predicted molar refractivity (Wildman–Crippen MR) is 116 cm³/mol. The van der Waals surface area contributed by atoms with Crippen LogP contribution in [0.1, 0.15) is 44.1 Å². The molecule has 0 radical (unpaired) electrons. The lowest BCUT2D eigenvalue weighted by Crippen LogP contribution is -2.47. The summed E-state index contributed by atoms with van der Waals surface area (Å²) in [6.45, 7) is 9.42. The van der Waals surface area contributed by atoms with Gasteiger partial charge in [-0.15, -0.1) is 11.3 Å². The van der Waals surface area contributed by atoms with Crippen LogP contribution in [-0.2, 0) is 14.3 Å². The third kappa shape index (κ3) is 3.63. The second kappa shape index (κ2) is 7.76. The minimum Gasteiger partial charge on any atom is -0.372 e. The predicted octanol–water partition coefficient (Wildman–Crippen LogP) is 4.27. The van der Waals surface area contributed by atoms with E-state index >= 15 is 0 Å². The van der Waals surface area contributed by atoms with E-state index < -0.39 is 0 Å². The average Bonchev–Trinajstić information content (AvgIpc) is 3.27. The van der Waals surface area contributed by atoms with Crippen LogP contribution >= 0.6 is 11.3 Å². The summed E-state index contributed by atoms with van der Waals surface area (Å²) in [6, 6.07) is 11.5. The molecule has 2 aliphatic rings. The molecule has 3 heterocycles. The molecule has 2 amide bonds. The molecule has 0 spiro atoms. The Labute approximate surface area is 175 Å². The molecular weight excluding hydrogens is 384 g/mol. The SMILES string of the molecule is CC1CN(C2=C(c3cccs3)C(=O)N(c3ccc(C(C)C)cc3)C2=O)CC(C)O1. The summed E-state index contributed by atoms with van der Waals surface area (Å²) in [7, 11) is 0. The lowest BCUT2D eigenvalue weighted by atomic mass is 10.0. The number of nitrogens with zero attached hydrogens (tertiary/aromatic N) is 2. The number of morpholine rings is 1. The van der Waals surface area contributed by atoms with E-state index in [1.165, 1.54) is 21.8 Å². The Morgan fingerprint density at radius 2 is 1.66 bits per heavy atom. The molecule has 2 unspecified atom stereocenters. The van der Waals surface area contributed by atoms with Gasteiger partial charge in [0.25, 0.3) is 11.8 Å². The quantitative estimate of drug-likeness (QED) is 0.707. The van der Waals surface area contributed by atoms with Gasteiger partial charge in [-0.3, -0.25) is 9.59 Å². The summed E-state index contributed by atoms with van der Waals surface area (Å²) in [6.07, 6.45) is -0.00349. The Morgan fingerprint density at radius 1 is 1.00 bits per heavy atom. The van der Waals surface area contributed by atoms with Gasteiger partial charge in [0, 0.05) is 18.0 Å². The summed E-state index contributed by atoms with van der Waals surface area (Å²) in [5.41, 5.74) is 2.78. The lowest BCUT2D eigenvalue weighted by molar-refractivity contribution is -0.121. The van der Waals surface area contributed by atoms with E-state index in [1.54, 1.807) is 0 Å². The van der Waals surface area contributed by atoms with Gasteiger partial charge in [0.2, 0.25) is 0 Å². The average molecular weight is 411 g/mol. The van der Waals surface area contributed by atoms with E-state index in [9.17, 15) is 9.59 Å². The van der Waals surface area contributed by atoms with Crippen molar-refractivity contribution in [1.82, 2.24) is 4.90 Å². The standard InChI is InChI=1S/C23H26N2O3S/c1-14(2)17-7-9-18(10-8-17)25-22(26)20(19-6-5-11-29-19)21(23(25)27)24-12-15(3)28-16(4)13-24/h5-11,14-16H,12-13H2,1-4H3. The number of carbonyl (C=O) groups is 2. The Bertz CT molecular complexity index is 937. The first-order chi connectivity index (χ1) is 13.9. The van der Waals surface area contributed by atoms with Crippen molar-refractivity contribution in [3.05, 3.63) is 57.9 Å². The highest BCUT2D eigenvalue weighted by atomic mass is 32.1. The van der Waals surface area contributed by atoms with Crippen molar-refractivity contribution in [1.29, 1.82) is 0 Å².